The van der Waals surface area contributed by atoms with E-state index in [1.54, 1.807) is 55.6 Å². The second-order valence-corrected chi connectivity index (χ2v) is 6.22. The van der Waals surface area contributed by atoms with Gasteiger partial charge in [-0.25, -0.2) is 0 Å². The molecule has 2 aromatic carbocycles. The minimum absolute atomic E-state index is 0.0358. The highest BCUT2D eigenvalue weighted by Crippen LogP contribution is 2.30. The largest absolute Gasteiger partial charge is 0.497 e. The zero-order valence-electron chi connectivity index (χ0n) is 15.9. The molecule has 2 aromatic rings. The average molecular weight is 398 g/mol. The van der Waals surface area contributed by atoms with Gasteiger partial charge in [-0.15, -0.1) is 0 Å². The van der Waals surface area contributed by atoms with E-state index in [1.165, 1.54) is 4.90 Å². The first-order chi connectivity index (χ1) is 14.1. The number of carbonyl (C=O) groups excluding carboxylic acids is 3. The third kappa shape index (κ3) is 5.38. The molecular formula is C20H22N4O5. The molecule has 1 aliphatic heterocycles. The molecule has 0 fully saturated rings. The zero-order chi connectivity index (χ0) is 20.6. The molecule has 0 bridgehead atoms. The van der Waals surface area contributed by atoms with Crippen molar-refractivity contribution in [2.24, 2.45) is 0 Å². The van der Waals surface area contributed by atoms with Crippen LogP contribution in [0.3, 0.4) is 0 Å². The summed E-state index contributed by atoms with van der Waals surface area (Å²) in [5.74, 6) is 0.0757. The topological polar surface area (TPSA) is 109 Å². The Kier molecular flexibility index (Phi) is 6.51. The highest BCUT2D eigenvalue weighted by Gasteiger charge is 2.25. The van der Waals surface area contributed by atoms with Crippen molar-refractivity contribution in [3.63, 3.8) is 0 Å². The molecule has 0 aliphatic carbocycles. The van der Waals surface area contributed by atoms with Gasteiger partial charge < -0.3 is 14.8 Å². The van der Waals surface area contributed by atoms with Gasteiger partial charge in [-0.05, 0) is 36.4 Å². The highest BCUT2D eigenvalue weighted by molar-refractivity contribution is 6.00. The Morgan fingerprint density at radius 1 is 1.07 bits per heavy atom. The molecule has 9 heteroatoms. The molecule has 1 heterocycles. The lowest BCUT2D eigenvalue weighted by molar-refractivity contribution is -0.128. The van der Waals surface area contributed by atoms with Crippen molar-refractivity contribution in [3.05, 3.63) is 48.5 Å². The Morgan fingerprint density at radius 3 is 2.55 bits per heavy atom. The number of ether oxygens (including phenoxy) is 2. The molecule has 0 atom stereocenters. The number of hydrogen-bond donors (Lipinski definition) is 3. The summed E-state index contributed by atoms with van der Waals surface area (Å²) in [7, 11) is 1.57. The maximum atomic E-state index is 12.3. The monoisotopic (exact) mass is 398 g/mol. The van der Waals surface area contributed by atoms with E-state index in [-0.39, 0.29) is 32.0 Å². The van der Waals surface area contributed by atoms with E-state index in [0.717, 1.165) is 5.69 Å². The van der Waals surface area contributed by atoms with Gasteiger partial charge in [0.15, 0.2) is 0 Å². The molecule has 29 heavy (non-hydrogen) atoms. The van der Waals surface area contributed by atoms with Crippen molar-refractivity contribution in [1.82, 2.24) is 10.9 Å². The molecule has 0 radical (unpaired) electrons. The Bertz CT molecular complexity index is 885. The Hall–Kier alpha value is -3.75. The fourth-order valence-electron chi connectivity index (χ4n) is 2.75. The summed E-state index contributed by atoms with van der Waals surface area (Å²) in [5, 5.41) is 2.93. The summed E-state index contributed by atoms with van der Waals surface area (Å²) < 4.78 is 10.6. The average Bonchev–Trinajstić information content (AvgIpc) is 2.90. The molecule has 0 unspecified atom stereocenters. The van der Waals surface area contributed by atoms with E-state index in [2.05, 4.69) is 16.2 Å². The van der Waals surface area contributed by atoms with Crippen LogP contribution in [0, 0.1) is 0 Å². The number of methoxy groups -OCH3 is 1. The zero-order valence-corrected chi connectivity index (χ0v) is 15.9. The van der Waals surface area contributed by atoms with E-state index in [1.807, 2.05) is 0 Å². The minimum atomic E-state index is -0.521. The molecule has 1 aliphatic rings. The van der Waals surface area contributed by atoms with Gasteiger partial charge >= 0.3 is 0 Å². The maximum absolute atomic E-state index is 12.3. The van der Waals surface area contributed by atoms with Crippen LogP contribution in [-0.2, 0) is 14.4 Å². The van der Waals surface area contributed by atoms with Crippen LogP contribution in [0.1, 0.15) is 6.42 Å². The van der Waals surface area contributed by atoms with Crippen LogP contribution >= 0.6 is 0 Å². The number of nitrogens with zero attached hydrogens (tertiary/aromatic N) is 1. The van der Waals surface area contributed by atoms with Gasteiger partial charge in [-0.1, -0.05) is 12.1 Å². The number of rotatable bonds is 6. The molecule has 0 saturated carbocycles. The summed E-state index contributed by atoms with van der Waals surface area (Å²) in [4.78, 5) is 37.8. The summed E-state index contributed by atoms with van der Waals surface area (Å²) in [6.45, 7) is -0.0148. The van der Waals surface area contributed by atoms with Crippen molar-refractivity contribution in [1.29, 1.82) is 0 Å². The molecule has 0 aromatic heterocycles. The number of amides is 3. The van der Waals surface area contributed by atoms with Gasteiger partial charge in [0.1, 0.15) is 18.0 Å². The van der Waals surface area contributed by atoms with Gasteiger partial charge in [0, 0.05) is 5.69 Å². The molecule has 3 amide bonds. The Labute approximate surface area is 167 Å². The van der Waals surface area contributed by atoms with E-state index >= 15 is 0 Å². The first-order valence-electron chi connectivity index (χ1n) is 9.04. The van der Waals surface area contributed by atoms with Crippen molar-refractivity contribution >= 4 is 29.1 Å². The molecule has 0 saturated heterocycles. The lowest BCUT2D eigenvalue weighted by Gasteiger charge is -2.21. The van der Waals surface area contributed by atoms with Crippen LogP contribution in [0.2, 0.25) is 0 Å². The van der Waals surface area contributed by atoms with Crippen molar-refractivity contribution in [2.45, 2.75) is 6.42 Å². The number of anilines is 2. The summed E-state index contributed by atoms with van der Waals surface area (Å²) in [6.07, 6.45) is 0.167. The highest BCUT2D eigenvalue weighted by atomic mass is 16.5. The molecule has 9 nitrogen and oxygen atoms in total. The molecule has 3 rings (SSSR count). The van der Waals surface area contributed by atoms with Crippen molar-refractivity contribution in [2.75, 3.05) is 37.0 Å². The van der Waals surface area contributed by atoms with Crippen LogP contribution < -0.4 is 30.5 Å². The molecule has 0 spiro atoms. The second-order valence-electron chi connectivity index (χ2n) is 6.22. The smallest absolute Gasteiger partial charge is 0.258 e. The fourth-order valence-corrected chi connectivity index (χ4v) is 2.75. The number of hydrazine groups is 1. The first-order valence-corrected chi connectivity index (χ1v) is 9.04. The summed E-state index contributed by atoms with van der Waals surface area (Å²) in [5.41, 5.74) is 5.91. The van der Waals surface area contributed by atoms with Crippen molar-refractivity contribution < 1.29 is 23.9 Å². The third-order valence-electron chi connectivity index (χ3n) is 4.22. The maximum Gasteiger partial charge on any atom is 0.258 e. The van der Waals surface area contributed by atoms with Gasteiger partial charge in [0.05, 0.1) is 32.4 Å². The standard InChI is InChI=1S/C20H22N4O5/c1-28-15-8-6-14(7-9-15)21-12-18(25)22-23-19(26)13-24-16-4-2-3-5-17(16)29-11-10-20(24)27/h2-9,21H,10-13H2,1H3,(H,22,25)(H,23,26). The van der Waals surface area contributed by atoms with E-state index in [4.69, 9.17) is 9.47 Å². The van der Waals surface area contributed by atoms with Crippen LogP contribution in [0.5, 0.6) is 11.5 Å². The molecular weight excluding hydrogens is 376 g/mol. The number of para-hydroxylation sites is 2. The van der Waals surface area contributed by atoms with Crippen LogP contribution in [0.25, 0.3) is 0 Å². The lowest BCUT2D eigenvalue weighted by Crippen LogP contribution is -2.49. The Balaban J connectivity index is 1.48. The Morgan fingerprint density at radius 2 is 1.79 bits per heavy atom. The van der Waals surface area contributed by atoms with E-state index in [0.29, 0.717) is 17.2 Å². The number of fused-ring (bicyclic) bond motifs is 1. The fraction of sp³-hybridized carbons (Fsp3) is 0.250. The molecule has 152 valence electrons. The van der Waals surface area contributed by atoms with Gasteiger partial charge in [-0.3, -0.25) is 30.1 Å². The van der Waals surface area contributed by atoms with Gasteiger partial charge in [0.25, 0.3) is 11.8 Å². The quantitative estimate of drug-likeness (QED) is 0.628. The normalized spacial score (nSPS) is 12.9. The number of hydrogen-bond acceptors (Lipinski definition) is 6. The van der Waals surface area contributed by atoms with Crippen molar-refractivity contribution in [3.8, 4) is 11.5 Å². The van der Waals surface area contributed by atoms with Gasteiger partial charge in [0.2, 0.25) is 5.91 Å². The molecule has 3 N–H and O–H groups in total. The predicted molar refractivity (Wildman–Crippen MR) is 107 cm³/mol. The first kappa shape index (κ1) is 20.0. The SMILES string of the molecule is COc1ccc(NCC(=O)NNC(=O)CN2C(=O)CCOc3ccccc32)cc1. The second kappa shape index (κ2) is 9.45. The third-order valence-corrected chi connectivity index (χ3v) is 4.22. The van der Waals surface area contributed by atoms with Crippen LogP contribution in [0.15, 0.2) is 48.5 Å². The minimum Gasteiger partial charge on any atom is -0.497 e. The lowest BCUT2D eigenvalue weighted by atomic mass is 10.2. The predicted octanol–water partition coefficient (Wildman–Crippen LogP) is 1.07. The van der Waals surface area contributed by atoms with Crippen LogP contribution in [-0.4, -0.2) is 44.5 Å². The summed E-state index contributed by atoms with van der Waals surface area (Å²) >= 11 is 0. The van der Waals surface area contributed by atoms with Crippen LogP contribution in [0.4, 0.5) is 11.4 Å². The van der Waals surface area contributed by atoms with Gasteiger partial charge in [-0.2, -0.15) is 0 Å². The number of nitrogens with one attached hydrogen (secondary N) is 3. The number of benzene rings is 2. The summed E-state index contributed by atoms with van der Waals surface area (Å²) in [6, 6.07) is 14.1. The number of carbonyl (C=O) groups is 3. The van der Waals surface area contributed by atoms with E-state index < -0.39 is 11.8 Å². The van der Waals surface area contributed by atoms with E-state index in [9.17, 15) is 14.4 Å².